The van der Waals surface area contributed by atoms with Crippen molar-refractivity contribution in [2.75, 3.05) is 13.1 Å². The molecule has 0 saturated carbocycles. The first-order valence-electron chi connectivity index (χ1n) is 7.05. The number of likely N-dealkylation sites (tertiary alicyclic amines) is 2. The maximum absolute atomic E-state index is 9.08. The summed E-state index contributed by atoms with van der Waals surface area (Å²) in [5.74, 6) is 0. The van der Waals surface area contributed by atoms with Crippen molar-refractivity contribution in [3.8, 4) is 12.1 Å². The predicted octanol–water partition coefficient (Wildman–Crippen LogP) is 2.55. The molecule has 4 nitrogen and oxygen atoms in total. The minimum Gasteiger partial charge on any atom is -0.356 e. The Kier molecular flexibility index (Phi) is 4.48. The Morgan fingerprint density at radius 3 is 1.65 bits per heavy atom. The van der Waals surface area contributed by atoms with E-state index in [1.54, 1.807) is 0 Å². The van der Waals surface area contributed by atoms with Gasteiger partial charge in [-0.1, -0.05) is 13.2 Å². The van der Waals surface area contributed by atoms with E-state index < -0.39 is 0 Å². The molecule has 2 saturated heterocycles. The first-order chi connectivity index (χ1) is 9.67. The minimum absolute atomic E-state index is 0.0564. The van der Waals surface area contributed by atoms with Crippen molar-refractivity contribution in [1.29, 1.82) is 10.5 Å². The first-order valence-corrected chi connectivity index (χ1v) is 7.05. The average molecular weight is 268 g/mol. The van der Waals surface area contributed by atoms with E-state index in [-0.39, 0.29) is 12.1 Å². The highest BCUT2D eigenvalue weighted by Gasteiger charge is 2.25. The lowest BCUT2D eigenvalue weighted by Crippen LogP contribution is -2.27. The SMILES string of the molecule is C=C(/C=C/C(=C)N1CCCC1C#N)N1CCCC1C#N. The lowest BCUT2D eigenvalue weighted by atomic mass is 10.2. The van der Waals surface area contributed by atoms with E-state index in [9.17, 15) is 0 Å². The smallest absolute Gasteiger partial charge is 0.116 e. The number of allylic oxidation sites excluding steroid dienone is 2. The molecule has 0 aromatic heterocycles. The van der Waals surface area contributed by atoms with Crippen molar-refractivity contribution in [1.82, 2.24) is 9.80 Å². The monoisotopic (exact) mass is 268 g/mol. The summed E-state index contributed by atoms with van der Waals surface area (Å²) >= 11 is 0. The Morgan fingerprint density at radius 2 is 1.30 bits per heavy atom. The first kappa shape index (κ1) is 14.2. The number of hydrogen-bond acceptors (Lipinski definition) is 4. The molecule has 104 valence electrons. The second kappa shape index (κ2) is 6.30. The van der Waals surface area contributed by atoms with Crippen LogP contribution in [0, 0.1) is 22.7 Å². The third-order valence-corrected chi connectivity index (χ3v) is 4.01. The van der Waals surface area contributed by atoms with Crippen molar-refractivity contribution in [2.24, 2.45) is 0 Å². The van der Waals surface area contributed by atoms with Gasteiger partial charge in [0.05, 0.1) is 12.1 Å². The van der Waals surface area contributed by atoms with Crippen LogP contribution in [0.15, 0.2) is 36.7 Å². The van der Waals surface area contributed by atoms with E-state index in [0.29, 0.717) is 0 Å². The van der Waals surface area contributed by atoms with Crippen LogP contribution in [-0.4, -0.2) is 35.0 Å². The molecule has 0 spiro atoms. The third-order valence-electron chi connectivity index (χ3n) is 4.01. The second-order valence-electron chi connectivity index (χ2n) is 5.28. The van der Waals surface area contributed by atoms with Crippen LogP contribution in [0.5, 0.6) is 0 Å². The van der Waals surface area contributed by atoms with Gasteiger partial charge >= 0.3 is 0 Å². The van der Waals surface area contributed by atoms with Gasteiger partial charge in [-0.3, -0.25) is 0 Å². The van der Waals surface area contributed by atoms with Gasteiger partial charge in [-0.05, 0) is 37.8 Å². The highest BCUT2D eigenvalue weighted by atomic mass is 15.2. The normalized spacial score (nSPS) is 25.7. The van der Waals surface area contributed by atoms with Gasteiger partial charge in [-0.15, -0.1) is 0 Å². The van der Waals surface area contributed by atoms with Crippen LogP contribution in [-0.2, 0) is 0 Å². The number of hydrogen-bond donors (Lipinski definition) is 0. The Balaban J connectivity index is 1.96. The van der Waals surface area contributed by atoms with Crippen molar-refractivity contribution in [2.45, 2.75) is 37.8 Å². The summed E-state index contributed by atoms with van der Waals surface area (Å²) in [5.41, 5.74) is 1.70. The topological polar surface area (TPSA) is 54.1 Å². The molecule has 0 radical (unpaired) electrons. The number of rotatable bonds is 4. The van der Waals surface area contributed by atoms with Gasteiger partial charge in [-0.25, -0.2) is 0 Å². The highest BCUT2D eigenvalue weighted by Crippen LogP contribution is 2.24. The summed E-state index contributed by atoms with van der Waals surface area (Å²) in [7, 11) is 0. The van der Waals surface area contributed by atoms with Crippen LogP contribution in [0.2, 0.25) is 0 Å². The van der Waals surface area contributed by atoms with Gasteiger partial charge in [0, 0.05) is 24.5 Å². The summed E-state index contributed by atoms with van der Waals surface area (Å²) in [4.78, 5) is 4.07. The predicted molar refractivity (Wildman–Crippen MR) is 78.1 cm³/mol. The molecule has 0 aromatic carbocycles. The van der Waals surface area contributed by atoms with Gasteiger partial charge in [-0.2, -0.15) is 10.5 Å². The van der Waals surface area contributed by atoms with Gasteiger partial charge in [0.1, 0.15) is 12.1 Å². The van der Waals surface area contributed by atoms with Crippen molar-refractivity contribution < 1.29 is 0 Å². The maximum atomic E-state index is 9.08. The molecule has 2 aliphatic rings. The molecule has 2 unspecified atom stereocenters. The molecule has 2 atom stereocenters. The van der Waals surface area contributed by atoms with Gasteiger partial charge < -0.3 is 9.80 Å². The number of nitriles is 2. The molecule has 2 fully saturated rings. The molecule has 2 heterocycles. The zero-order chi connectivity index (χ0) is 14.5. The van der Waals surface area contributed by atoms with E-state index in [0.717, 1.165) is 50.2 Å². The molecule has 2 aliphatic heterocycles. The van der Waals surface area contributed by atoms with Crippen molar-refractivity contribution >= 4 is 0 Å². The summed E-state index contributed by atoms with van der Waals surface area (Å²) in [6.07, 6.45) is 7.71. The van der Waals surface area contributed by atoms with Crippen LogP contribution in [0.1, 0.15) is 25.7 Å². The fraction of sp³-hybridized carbons (Fsp3) is 0.500. The Bertz CT molecular complexity index is 460. The molecular weight excluding hydrogens is 248 g/mol. The molecule has 0 bridgehead atoms. The lowest BCUT2D eigenvalue weighted by molar-refractivity contribution is 0.380. The Hall–Kier alpha value is -2.20. The van der Waals surface area contributed by atoms with E-state index in [2.05, 4.69) is 25.3 Å². The molecule has 4 heteroatoms. The van der Waals surface area contributed by atoms with E-state index in [1.165, 1.54) is 0 Å². The zero-order valence-corrected chi connectivity index (χ0v) is 11.8. The van der Waals surface area contributed by atoms with Crippen LogP contribution in [0.25, 0.3) is 0 Å². The molecule has 0 aromatic rings. The molecule has 2 rings (SSSR count). The fourth-order valence-electron chi connectivity index (χ4n) is 2.87. The maximum Gasteiger partial charge on any atom is 0.116 e. The second-order valence-corrected chi connectivity index (χ2v) is 5.28. The van der Waals surface area contributed by atoms with Crippen LogP contribution >= 0.6 is 0 Å². The average Bonchev–Trinajstić information content (AvgIpc) is 3.11. The fourth-order valence-corrected chi connectivity index (χ4v) is 2.87. The summed E-state index contributed by atoms with van der Waals surface area (Å²) in [6.45, 7) is 9.85. The van der Waals surface area contributed by atoms with Gasteiger partial charge in [0.25, 0.3) is 0 Å². The Morgan fingerprint density at radius 1 is 0.900 bits per heavy atom. The van der Waals surface area contributed by atoms with Crippen molar-refractivity contribution in [3.05, 3.63) is 36.7 Å². The molecule has 0 aliphatic carbocycles. The van der Waals surface area contributed by atoms with E-state index in [1.807, 2.05) is 22.0 Å². The van der Waals surface area contributed by atoms with Crippen molar-refractivity contribution in [3.63, 3.8) is 0 Å². The van der Waals surface area contributed by atoms with Crippen LogP contribution in [0.3, 0.4) is 0 Å². The van der Waals surface area contributed by atoms with Crippen LogP contribution < -0.4 is 0 Å². The van der Waals surface area contributed by atoms with Gasteiger partial charge in [0.2, 0.25) is 0 Å². The summed E-state index contributed by atoms with van der Waals surface area (Å²) < 4.78 is 0. The van der Waals surface area contributed by atoms with Crippen LogP contribution in [0.4, 0.5) is 0 Å². The standard InChI is InChI=1S/C16H20N4/c1-13(19-9-3-5-15(19)11-17)7-8-14(2)20-10-4-6-16(20)12-18/h7-8,15-16H,1-6,9-10H2/b8-7+. The van der Waals surface area contributed by atoms with E-state index >= 15 is 0 Å². The highest BCUT2D eigenvalue weighted by molar-refractivity contribution is 5.26. The molecule has 20 heavy (non-hydrogen) atoms. The Labute approximate surface area is 120 Å². The molecular formula is C16H20N4. The third kappa shape index (κ3) is 2.86. The lowest BCUT2D eigenvalue weighted by Gasteiger charge is -2.24. The number of nitrogens with zero attached hydrogens (tertiary/aromatic N) is 4. The molecule has 0 amide bonds. The molecule has 0 N–H and O–H groups in total. The largest absolute Gasteiger partial charge is 0.356 e. The minimum atomic E-state index is -0.0564. The quantitative estimate of drug-likeness (QED) is 0.735. The van der Waals surface area contributed by atoms with Gasteiger partial charge in [0.15, 0.2) is 0 Å². The summed E-state index contributed by atoms with van der Waals surface area (Å²) in [5, 5.41) is 18.2. The van der Waals surface area contributed by atoms with E-state index in [4.69, 9.17) is 10.5 Å². The zero-order valence-electron chi connectivity index (χ0n) is 11.8. The summed E-state index contributed by atoms with van der Waals surface area (Å²) in [6, 6.07) is 4.51.